The maximum absolute atomic E-state index is 14.2. The molecule has 2 aliphatic rings. The van der Waals surface area contributed by atoms with Gasteiger partial charge in [0.05, 0.1) is 5.69 Å². The first-order valence-corrected chi connectivity index (χ1v) is 13.9. The fourth-order valence-corrected chi connectivity index (χ4v) is 5.87. The molecule has 0 spiro atoms. The first-order valence-electron chi connectivity index (χ1n) is 13.9. The summed E-state index contributed by atoms with van der Waals surface area (Å²) in [5.74, 6) is -1.13. The quantitative estimate of drug-likeness (QED) is 0.417. The third-order valence-corrected chi connectivity index (χ3v) is 8.06. The summed E-state index contributed by atoms with van der Waals surface area (Å²) in [5.41, 5.74) is 9.39. The Kier molecular flexibility index (Phi) is 8.67. The predicted octanol–water partition coefficient (Wildman–Crippen LogP) is 5.61. The van der Waals surface area contributed by atoms with E-state index >= 15 is 0 Å². The summed E-state index contributed by atoms with van der Waals surface area (Å²) >= 11 is 0. The lowest BCUT2D eigenvalue weighted by molar-refractivity contribution is -0.136. The molecular formula is C31H41N3O3. The van der Waals surface area contributed by atoms with E-state index in [0.717, 1.165) is 35.2 Å². The van der Waals surface area contributed by atoms with Gasteiger partial charge < -0.3 is 16.0 Å². The number of hydrogen-bond acceptors (Lipinski definition) is 3. The van der Waals surface area contributed by atoms with Gasteiger partial charge in [-0.25, -0.2) is 0 Å². The van der Waals surface area contributed by atoms with Crippen molar-refractivity contribution in [2.45, 2.75) is 71.8 Å². The van der Waals surface area contributed by atoms with Crippen LogP contribution in [-0.2, 0) is 14.4 Å². The number of nitrogens with two attached hydrogens (primary N) is 1. The number of anilines is 1. The van der Waals surface area contributed by atoms with Crippen LogP contribution in [0, 0.1) is 23.7 Å². The van der Waals surface area contributed by atoms with E-state index in [0.29, 0.717) is 25.3 Å². The number of nitrogens with zero attached hydrogens (tertiary/aromatic N) is 1. The summed E-state index contributed by atoms with van der Waals surface area (Å²) in [6, 6.07) is 15.0. The molecule has 1 saturated carbocycles. The van der Waals surface area contributed by atoms with E-state index in [1.54, 1.807) is 0 Å². The van der Waals surface area contributed by atoms with Crippen LogP contribution in [0.2, 0.25) is 0 Å². The second-order valence-electron chi connectivity index (χ2n) is 11.2. The van der Waals surface area contributed by atoms with Crippen LogP contribution in [0.3, 0.4) is 0 Å². The lowest BCUT2D eigenvalue weighted by Crippen LogP contribution is -2.47. The highest BCUT2D eigenvalue weighted by Gasteiger charge is 2.39. The van der Waals surface area contributed by atoms with Gasteiger partial charge >= 0.3 is 0 Å². The SMILES string of the molecule is CCC[C@H](C(N)=O)[C@@H](CC(C)C)C(=O)NC1C(=O)N(CCC2CCC2)c2ccccc2-c2ccccc21. The monoisotopic (exact) mass is 503 g/mol. The molecule has 6 nitrogen and oxygen atoms in total. The third kappa shape index (κ3) is 5.89. The number of amides is 3. The van der Waals surface area contributed by atoms with Crippen LogP contribution in [0.4, 0.5) is 5.69 Å². The van der Waals surface area contributed by atoms with Gasteiger partial charge in [-0.1, -0.05) is 88.9 Å². The fraction of sp³-hybridized carbons (Fsp3) is 0.516. The Bertz CT molecular complexity index is 1120. The molecule has 0 bridgehead atoms. The number of nitrogens with one attached hydrogen (secondary N) is 1. The van der Waals surface area contributed by atoms with Crippen LogP contribution in [0.1, 0.15) is 77.3 Å². The van der Waals surface area contributed by atoms with Crippen molar-refractivity contribution < 1.29 is 14.4 Å². The highest BCUT2D eigenvalue weighted by molar-refractivity contribution is 6.06. The molecule has 0 saturated heterocycles. The smallest absolute Gasteiger partial charge is 0.254 e. The van der Waals surface area contributed by atoms with E-state index in [1.807, 2.05) is 74.2 Å². The minimum atomic E-state index is -0.831. The molecule has 3 amide bonds. The first-order chi connectivity index (χ1) is 17.8. The van der Waals surface area contributed by atoms with Gasteiger partial charge in [-0.15, -0.1) is 0 Å². The number of carbonyl (C=O) groups excluding carboxylic acids is 3. The van der Waals surface area contributed by atoms with Crippen LogP contribution in [0.15, 0.2) is 48.5 Å². The second kappa shape index (κ2) is 11.9. The van der Waals surface area contributed by atoms with Crippen molar-refractivity contribution >= 4 is 23.4 Å². The molecule has 2 aromatic rings. The zero-order valence-corrected chi connectivity index (χ0v) is 22.4. The summed E-state index contributed by atoms with van der Waals surface area (Å²) < 4.78 is 0. The average molecular weight is 504 g/mol. The lowest BCUT2D eigenvalue weighted by atomic mass is 9.81. The van der Waals surface area contributed by atoms with E-state index in [9.17, 15) is 14.4 Å². The summed E-state index contributed by atoms with van der Waals surface area (Å²) in [6.45, 7) is 6.68. The summed E-state index contributed by atoms with van der Waals surface area (Å²) in [4.78, 5) is 42.3. The zero-order valence-electron chi connectivity index (χ0n) is 22.4. The van der Waals surface area contributed by atoms with Gasteiger partial charge in [-0.2, -0.15) is 0 Å². The van der Waals surface area contributed by atoms with Gasteiger partial charge in [0.2, 0.25) is 11.8 Å². The van der Waals surface area contributed by atoms with Crippen molar-refractivity contribution in [1.29, 1.82) is 0 Å². The molecule has 1 aliphatic carbocycles. The number of hydrogen-bond donors (Lipinski definition) is 2. The Morgan fingerprint density at radius 1 is 1.03 bits per heavy atom. The van der Waals surface area contributed by atoms with Crippen molar-refractivity contribution in [3.63, 3.8) is 0 Å². The Hall–Kier alpha value is -3.15. The number of benzene rings is 2. The molecule has 3 atom stereocenters. The van der Waals surface area contributed by atoms with Crippen molar-refractivity contribution in [2.24, 2.45) is 29.4 Å². The van der Waals surface area contributed by atoms with Gasteiger partial charge in [0, 0.05) is 23.9 Å². The Morgan fingerprint density at radius 2 is 1.70 bits per heavy atom. The predicted molar refractivity (Wildman–Crippen MR) is 148 cm³/mol. The molecule has 1 aliphatic heterocycles. The Labute approximate surface area is 221 Å². The number of primary amides is 1. The minimum absolute atomic E-state index is 0.125. The summed E-state index contributed by atoms with van der Waals surface area (Å²) in [6.07, 6.45) is 6.48. The molecule has 198 valence electrons. The van der Waals surface area contributed by atoms with Crippen LogP contribution < -0.4 is 16.0 Å². The van der Waals surface area contributed by atoms with Gasteiger partial charge in [-0.05, 0) is 48.3 Å². The number of fused-ring (bicyclic) bond motifs is 3. The maximum Gasteiger partial charge on any atom is 0.254 e. The fourth-order valence-electron chi connectivity index (χ4n) is 5.87. The van der Waals surface area contributed by atoms with E-state index in [-0.39, 0.29) is 17.7 Å². The van der Waals surface area contributed by atoms with Crippen LogP contribution in [0.25, 0.3) is 11.1 Å². The standard InChI is InChI=1S/C31H41N3O3/c1-4-10-25(29(32)35)26(19-20(2)3)30(36)33-28-24-15-6-5-13-22(24)23-14-7-8-16-27(23)34(31(28)37)18-17-21-11-9-12-21/h5-8,13-16,20-21,25-26,28H,4,9-12,17-19H2,1-3H3,(H2,32,35)(H,33,36)/t25-,26+,28?/m0/s1. The third-order valence-electron chi connectivity index (χ3n) is 8.06. The zero-order chi connectivity index (χ0) is 26.5. The van der Waals surface area contributed by atoms with Crippen LogP contribution >= 0.6 is 0 Å². The second-order valence-corrected chi connectivity index (χ2v) is 11.2. The molecule has 3 N–H and O–H groups in total. The van der Waals surface area contributed by atoms with Crippen LogP contribution in [0.5, 0.6) is 0 Å². The molecule has 1 fully saturated rings. The molecule has 4 rings (SSSR count). The van der Waals surface area contributed by atoms with E-state index in [2.05, 4.69) is 5.32 Å². The summed E-state index contributed by atoms with van der Waals surface area (Å²) in [7, 11) is 0. The molecule has 37 heavy (non-hydrogen) atoms. The largest absolute Gasteiger partial charge is 0.369 e. The van der Waals surface area contributed by atoms with Crippen molar-refractivity contribution in [1.82, 2.24) is 5.32 Å². The van der Waals surface area contributed by atoms with E-state index in [4.69, 9.17) is 5.73 Å². The Morgan fingerprint density at radius 3 is 2.32 bits per heavy atom. The number of para-hydroxylation sites is 1. The molecule has 1 unspecified atom stereocenters. The Balaban J connectivity index is 1.72. The van der Waals surface area contributed by atoms with Crippen molar-refractivity contribution in [2.75, 3.05) is 11.4 Å². The highest BCUT2D eigenvalue weighted by atomic mass is 16.2. The number of rotatable bonds is 11. The topological polar surface area (TPSA) is 92.5 Å². The first kappa shape index (κ1) is 26.9. The molecule has 6 heteroatoms. The lowest BCUT2D eigenvalue weighted by Gasteiger charge is -2.32. The van der Waals surface area contributed by atoms with E-state index in [1.165, 1.54) is 19.3 Å². The molecule has 1 heterocycles. The molecule has 0 aromatic heterocycles. The maximum atomic E-state index is 14.2. The molecule has 2 aromatic carbocycles. The van der Waals surface area contributed by atoms with Crippen molar-refractivity contribution in [3.05, 3.63) is 54.1 Å². The van der Waals surface area contributed by atoms with Crippen molar-refractivity contribution in [3.8, 4) is 11.1 Å². The normalized spacial score (nSPS) is 18.9. The van der Waals surface area contributed by atoms with Crippen LogP contribution in [-0.4, -0.2) is 24.3 Å². The molecular weight excluding hydrogens is 462 g/mol. The molecule has 0 radical (unpaired) electrons. The van der Waals surface area contributed by atoms with Gasteiger partial charge in [0.25, 0.3) is 5.91 Å². The van der Waals surface area contributed by atoms with E-state index < -0.39 is 23.8 Å². The number of carbonyl (C=O) groups is 3. The van der Waals surface area contributed by atoms with Gasteiger partial charge in [0.1, 0.15) is 6.04 Å². The van der Waals surface area contributed by atoms with Gasteiger partial charge in [0.15, 0.2) is 0 Å². The highest BCUT2D eigenvalue weighted by Crippen LogP contribution is 2.41. The van der Waals surface area contributed by atoms with Gasteiger partial charge in [-0.3, -0.25) is 14.4 Å². The summed E-state index contributed by atoms with van der Waals surface area (Å²) in [5, 5.41) is 3.11. The minimum Gasteiger partial charge on any atom is -0.369 e. The average Bonchev–Trinajstić information content (AvgIpc) is 2.94.